The predicted octanol–water partition coefficient (Wildman–Crippen LogP) is 6.80. The second-order valence-corrected chi connectivity index (χ2v) is 10.1. The van der Waals surface area contributed by atoms with Gasteiger partial charge in [0.25, 0.3) is 5.56 Å². The van der Waals surface area contributed by atoms with Crippen LogP contribution in [0.5, 0.6) is 5.75 Å². The second kappa shape index (κ2) is 11.6. The van der Waals surface area contributed by atoms with E-state index in [1.807, 2.05) is 73.7 Å². The molecule has 0 spiro atoms. The van der Waals surface area contributed by atoms with Crippen LogP contribution in [0.2, 0.25) is 0 Å². The maximum Gasteiger partial charge on any atom is 0.322 e. The van der Waals surface area contributed by atoms with Crippen molar-refractivity contribution >= 4 is 38.6 Å². The molecular weight excluding hydrogens is 532 g/mol. The van der Waals surface area contributed by atoms with E-state index in [0.717, 1.165) is 4.47 Å². The number of fused-ring (bicyclic) bond motifs is 1. The number of anilines is 1. The van der Waals surface area contributed by atoms with E-state index >= 15 is 0 Å². The zero-order valence-electron chi connectivity index (χ0n) is 21.4. The Morgan fingerprint density at radius 3 is 2.51 bits per heavy atom. The van der Waals surface area contributed by atoms with E-state index in [1.54, 1.807) is 22.6 Å². The number of halogens is 1. The zero-order chi connectivity index (χ0) is 26.5. The minimum Gasteiger partial charge on any atom is -0.495 e. The standard InChI is InChI=1S/C29H31BrN4O3/c1-5-24(33(18-19(2)3)29(36)31-21-12-10-11-20(30)17-21)27-32-23-14-7-6-13-22(23)28(35)34(27)25-15-8-9-16-26(25)37-4/h6-17,19,24H,5,18H2,1-4H3,(H,31,36). The summed E-state index contributed by atoms with van der Waals surface area (Å²) in [7, 11) is 1.58. The number of para-hydroxylation sites is 3. The molecule has 1 aromatic heterocycles. The highest BCUT2D eigenvalue weighted by molar-refractivity contribution is 9.10. The fourth-order valence-electron chi connectivity index (χ4n) is 4.47. The van der Waals surface area contributed by atoms with Gasteiger partial charge in [0, 0.05) is 16.7 Å². The van der Waals surface area contributed by atoms with E-state index in [1.165, 1.54) is 0 Å². The maximum atomic E-state index is 13.9. The number of nitrogens with one attached hydrogen (secondary N) is 1. The lowest BCUT2D eigenvalue weighted by molar-refractivity contribution is 0.171. The van der Waals surface area contributed by atoms with Crippen molar-refractivity contribution in [2.45, 2.75) is 33.2 Å². The number of methoxy groups -OCH3 is 1. The van der Waals surface area contributed by atoms with Gasteiger partial charge >= 0.3 is 6.03 Å². The van der Waals surface area contributed by atoms with Crippen LogP contribution in [-0.4, -0.2) is 34.1 Å². The number of amides is 2. The van der Waals surface area contributed by atoms with Crippen LogP contribution in [0.1, 0.15) is 39.1 Å². The lowest BCUT2D eigenvalue weighted by Gasteiger charge is -2.33. The summed E-state index contributed by atoms with van der Waals surface area (Å²) in [5, 5.41) is 3.52. The molecule has 1 heterocycles. The summed E-state index contributed by atoms with van der Waals surface area (Å²) < 4.78 is 8.07. The van der Waals surface area contributed by atoms with Gasteiger partial charge < -0.3 is 15.0 Å². The van der Waals surface area contributed by atoms with Gasteiger partial charge in [-0.15, -0.1) is 0 Å². The van der Waals surface area contributed by atoms with Gasteiger partial charge in [-0.3, -0.25) is 9.36 Å². The van der Waals surface area contributed by atoms with Crippen molar-refractivity contribution in [3.63, 3.8) is 0 Å². The summed E-state index contributed by atoms with van der Waals surface area (Å²) in [4.78, 5) is 34.4. The molecule has 1 atom stereocenters. The van der Waals surface area contributed by atoms with E-state index in [0.29, 0.717) is 46.8 Å². The highest BCUT2D eigenvalue weighted by Gasteiger charge is 2.30. The Kier molecular flexibility index (Phi) is 8.28. The van der Waals surface area contributed by atoms with Crippen LogP contribution in [0.3, 0.4) is 0 Å². The Balaban J connectivity index is 1.91. The molecule has 0 aliphatic rings. The van der Waals surface area contributed by atoms with Gasteiger partial charge in [0.1, 0.15) is 11.6 Å². The topological polar surface area (TPSA) is 76.5 Å². The first-order chi connectivity index (χ1) is 17.8. The van der Waals surface area contributed by atoms with Crippen LogP contribution in [0.25, 0.3) is 16.6 Å². The first kappa shape index (κ1) is 26.4. The molecule has 0 fully saturated rings. The smallest absolute Gasteiger partial charge is 0.322 e. The fourth-order valence-corrected chi connectivity index (χ4v) is 4.87. The van der Waals surface area contributed by atoms with Crippen molar-refractivity contribution in [3.8, 4) is 11.4 Å². The molecule has 1 N–H and O–H groups in total. The molecule has 0 saturated carbocycles. The number of rotatable bonds is 8. The Hall–Kier alpha value is -3.65. The van der Waals surface area contributed by atoms with Gasteiger partial charge in [-0.25, -0.2) is 9.78 Å². The van der Waals surface area contributed by atoms with Crippen LogP contribution in [-0.2, 0) is 0 Å². The number of carbonyl (C=O) groups excluding carboxylic acids is 1. The van der Waals surface area contributed by atoms with Gasteiger partial charge in [0.05, 0.1) is 29.7 Å². The van der Waals surface area contributed by atoms with Gasteiger partial charge in [0.15, 0.2) is 0 Å². The molecule has 0 saturated heterocycles. The van der Waals surface area contributed by atoms with Gasteiger partial charge in [0.2, 0.25) is 0 Å². The monoisotopic (exact) mass is 562 g/mol. The van der Waals surface area contributed by atoms with Crippen LogP contribution >= 0.6 is 15.9 Å². The minimum absolute atomic E-state index is 0.189. The Labute approximate surface area is 225 Å². The molecule has 192 valence electrons. The highest BCUT2D eigenvalue weighted by atomic mass is 79.9. The quantitative estimate of drug-likeness (QED) is 0.256. The van der Waals surface area contributed by atoms with Crippen molar-refractivity contribution in [3.05, 3.63) is 93.4 Å². The molecule has 0 aliphatic carbocycles. The molecular formula is C29H31BrN4O3. The molecule has 0 radical (unpaired) electrons. The summed E-state index contributed by atoms with van der Waals surface area (Å²) in [5.74, 6) is 1.22. The van der Waals surface area contributed by atoms with E-state index in [-0.39, 0.29) is 17.5 Å². The first-order valence-electron chi connectivity index (χ1n) is 12.3. The number of hydrogen-bond acceptors (Lipinski definition) is 4. The lowest BCUT2D eigenvalue weighted by Crippen LogP contribution is -2.42. The maximum absolute atomic E-state index is 13.9. The van der Waals surface area contributed by atoms with Crippen LogP contribution in [0.15, 0.2) is 82.1 Å². The minimum atomic E-state index is -0.475. The van der Waals surface area contributed by atoms with E-state index < -0.39 is 6.04 Å². The molecule has 37 heavy (non-hydrogen) atoms. The average molecular weight is 563 g/mol. The Morgan fingerprint density at radius 2 is 1.81 bits per heavy atom. The van der Waals surface area contributed by atoms with Gasteiger partial charge in [-0.05, 0) is 54.8 Å². The van der Waals surface area contributed by atoms with Crippen molar-refractivity contribution < 1.29 is 9.53 Å². The second-order valence-electron chi connectivity index (χ2n) is 9.21. The third kappa shape index (κ3) is 5.69. The van der Waals surface area contributed by atoms with E-state index in [4.69, 9.17) is 9.72 Å². The van der Waals surface area contributed by atoms with Crippen molar-refractivity contribution in [2.75, 3.05) is 19.0 Å². The number of urea groups is 1. The summed E-state index contributed by atoms with van der Waals surface area (Å²) in [6.07, 6.45) is 0.554. The Morgan fingerprint density at radius 1 is 1.08 bits per heavy atom. The van der Waals surface area contributed by atoms with Crippen molar-refractivity contribution in [2.24, 2.45) is 5.92 Å². The highest BCUT2D eigenvalue weighted by Crippen LogP contribution is 2.30. The van der Waals surface area contributed by atoms with Crippen molar-refractivity contribution in [1.82, 2.24) is 14.5 Å². The first-order valence-corrected chi connectivity index (χ1v) is 13.1. The number of carbonyl (C=O) groups is 1. The fraction of sp³-hybridized carbons (Fsp3) is 0.276. The van der Waals surface area contributed by atoms with Crippen LogP contribution in [0, 0.1) is 5.92 Å². The van der Waals surface area contributed by atoms with Gasteiger partial charge in [-0.2, -0.15) is 0 Å². The molecule has 1 unspecified atom stereocenters. The predicted molar refractivity (Wildman–Crippen MR) is 152 cm³/mol. The summed E-state index contributed by atoms with van der Waals surface area (Å²) in [5.41, 5.74) is 1.64. The SMILES string of the molecule is CCC(c1nc2ccccc2c(=O)n1-c1ccccc1OC)N(CC(C)C)C(=O)Nc1cccc(Br)c1. The molecule has 4 aromatic rings. The largest absolute Gasteiger partial charge is 0.495 e. The van der Waals surface area contributed by atoms with Gasteiger partial charge in [-0.1, -0.05) is 67.0 Å². The number of hydrogen-bond donors (Lipinski definition) is 1. The molecule has 3 aromatic carbocycles. The average Bonchev–Trinajstić information content (AvgIpc) is 2.88. The third-order valence-electron chi connectivity index (χ3n) is 6.09. The Bertz CT molecular complexity index is 1470. The summed E-state index contributed by atoms with van der Waals surface area (Å²) in [6, 6.07) is 21.4. The zero-order valence-corrected chi connectivity index (χ0v) is 23.0. The lowest BCUT2D eigenvalue weighted by atomic mass is 10.1. The molecule has 8 heteroatoms. The summed E-state index contributed by atoms with van der Waals surface area (Å²) >= 11 is 3.46. The third-order valence-corrected chi connectivity index (χ3v) is 6.58. The number of aromatic nitrogens is 2. The molecule has 0 bridgehead atoms. The summed E-state index contributed by atoms with van der Waals surface area (Å²) in [6.45, 7) is 6.60. The van der Waals surface area contributed by atoms with Crippen LogP contribution in [0.4, 0.5) is 10.5 Å². The number of ether oxygens (including phenoxy) is 1. The molecule has 0 aliphatic heterocycles. The number of benzene rings is 3. The van der Waals surface area contributed by atoms with Crippen molar-refractivity contribution in [1.29, 1.82) is 0 Å². The normalized spacial score (nSPS) is 11.9. The molecule has 4 rings (SSSR count). The molecule has 7 nitrogen and oxygen atoms in total. The molecule has 2 amide bonds. The number of nitrogens with zero attached hydrogens (tertiary/aromatic N) is 3. The van der Waals surface area contributed by atoms with Crippen LogP contribution < -0.4 is 15.6 Å². The van der Waals surface area contributed by atoms with E-state index in [2.05, 4.69) is 35.1 Å². The van der Waals surface area contributed by atoms with E-state index in [9.17, 15) is 9.59 Å².